The molecule has 0 bridgehead atoms. The van der Waals surface area contributed by atoms with Gasteiger partial charge in [0.25, 0.3) is 0 Å². The van der Waals surface area contributed by atoms with Gasteiger partial charge in [-0.1, -0.05) is 12.5 Å². The quantitative estimate of drug-likeness (QED) is 0.884. The van der Waals surface area contributed by atoms with Crippen LogP contribution in [0.2, 0.25) is 0 Å². The maximum atomic E-state index is 12.0. The minimum absolute atomic E-state index is 0.114. The summed E-state index contributed by atoms with van der Waals surface area (Å²) in [4.78, 5) is 23.2. The SMILES string of the molecule is CC(=O)C1(Oc2c(O)cccc2C(=O)O)CCCCC1. The smallest absolute Gasteiger partial charge is 0.339 e. The fourth-order valence-electron chi connectivity index (χ4n) is 2.64. The van der Waals surface area contributed by atoms with Crippen molar-refractivity contribution < 1.29 is 24.5 Å². The van der Waals surface area contributed by atoms with Crippen molar-refractivity contribution >= 4 is 11.8 Å². The van der Waals surface area contributed by atoms with E-state index in [0.717, 1.165) is 19.3 Å². The van der Waals surface area contributed by atoms with Crippen molar-refractivity contribution in [2.24, 2.45) is 0 Å². The van der Waals surface area contributed by atoms with Gasteiger partial charge < -0.3 is 14.9 Å². The summed E-state index contributed by atoms with van der Waals surface area (Å²) in [6.07, 6.45) is 3.85. The molecule has 1 aliphatic rings. The van der Waals surface area contributed by atoms with Gasteiger partial charge in [-0.3, -0.25) is 4.79 Å². The number of hydrogen-bond acceptors (Lipinski definition) is 4. The van der Waals surface area contributed by atoms with Gasteiger partial charge in [0.1, 0.15) is 5.56 Å². The predicted octanol–water partition coefficient (Wildman–Crippen LogP) is 2.76. The normalized spacial score (nSPS) is 17.4. The molecule has 1 saturated carbocycles. The number of Topliss-reactive ketones (excluding diaryl/α,β-unsaturated/α-hetero) is 1. The number of phenolic OH excluding ortho intramolecular Hbond substituents is 1. The number of hydrogen-bond donors (Lipinski definition) is 2. The summed E-state index contributed by atoms with van der Waals surface area (Å²) in [5, 5.41) is 19.0. The number of carbonyl (C=O) groups excluding carboxylic acids is 1. The van der Waals surface area contributed by atoms with Crippen molar-refractivity contribution in [1.82, 2.24) is 0 Å². The van der Waals surface area contributed by atoms with Crippen LogP contribution in [0, 0.1) is 0 Å². The average molecular weight is 278 g/mol. The molecule has 0 amide bonds. The molecule has 2 N–H and O–H groups in total. The molecule has 1 aromatic rings. The molecular formula is C15H18O5. The van der Waals surface area contributed by atoms with Gasteiger partial charge in [-0.05, 0) is 44.7 Å². The van der Waals surface area contributed by atoms with E-state index in [4.69, 9.17) is 9.84 Å². The molecule has 1 fully saturated rings. The molecule has 0 spiro atoms. The summed E-state index contributed by atoms with van der Waals surface area (Å²) < 4.78 is 5.75. The number of ketones is 1. The second-order valence-corrected chi connectivity index (χ2v) is 5.17. The van der Waals surface area contributed by atoms with Gasteiger partial charge in [-0.15, -0.1) is 0 Å². The minimum Gasteiger partial charge on any atom is -0.504 e. The Morgan fingerprint density at radius 1 is 1.20 bits per heavy atom. The number of carboxylic acids is 1. The van der Waals surface area contributed by atoms with E-state index in [1.165, 1.54) is 25.1 Å². The highest BCUT2D eigenvalue weighted by Crippen LogP contribution is 2.39. The molecule has 0 atom stereocenters. The number of para-hydroxylation sites is 1. The zero-order chi connectivity index (χ0) is 14.8. The molecule has 5 heteroatoms. The number of aromatic hydroxyl groups is 1. The Bertz CT molecular complexity index is 529. The Morgan fingerprint density at radius 3 is 2.40 bits per heavy atom. The lowest BCUT2D eigenvalue weighted by Crippen LogP contribution is -2.45. The second kappa shape index (κ2) is 5.53. The van der Waals surface area contributed by atoms with Crippen molar-refractivity contribution in [2.45, 2.75) is 44.6 Å². The molecule has 0 radical (unpaired) electrons. The van der Waals surface area contributed by atoms with Gasteiger partial charge in [-0.25, -0.2) is 4.79 Å². The van der Waals surface area contributed by atoms with Crippen LogP contribution in [0.3, 0.4) is 0 Å². The number of carbonyl (C=O) groups is 2. The Hall–Kier alpha value is -2.04. The molecule has 1 aromatic carbocycles. The third-order valence-corrected chi connectivity index (χ3v) is 3.82. The maximum Gasteiger partial charge on any atom is 0.339 e. The van der Waals surface area contributed by atoms with Gasteiger partial charge in [0.15, 0.2) is 22.9 Å². The molecule has 0 aliphatic heterocycles. The van der Waals surface area contributed by atoms with E-state index < -0.39 is 11.6 Å². The van der Waals surface area contributed by atoms with Crippen LogP contribution in [0.25, 0.3) is 0 Å². The fourth-order valence-corrected chi connectivity index (χ4v) is 2.64. The molecule has 0 unspecified atom stereocenters. The summed E-state index contributed by atoms with van der Waals surface area (Å²) in [5.74, 6) is -1.68. The maximum absolute atomic E-state index is 12.0. The highest BCUT2D eigenvalue weighted by molar-refractivity contribution is 5.92. The number of aromatic carboxylic acids is 1. The van der Waals surface area contributed by atoms with E-state index in [9.17, 15) is 14.7 Å². The summed E-state index contributed by atoms with van der Waals surface area (Å²) in [6.45, 7) is 1.45. The topological polar surface area (TPSA) is 83.8 Å². The number of phenols is 1. The lowest BCUT2D eigenvalue weighted by molar-refractivity contribution is -0.135. The van der Waals surface area contributed by atoms with E-state index in [1.807, 2.05) is 0 Å². The first-order valence-corrected chi connectivity index (χ1v) is 6.71. The Labute approximate surface area is 117 Å². The monoisotopic (exact) mass is 278 g/mol. The lowest BCUT2D eigenvalue weighted by Gasteiger charge is -2.35. The number of ether oxygens (including phenoxy) is 1. The zero-order valence-corrected chi connectivity index (χ0v) is 11.4. The molecule has 0 saturated heterocycles. The van der Waals surface area contributed by atoms with E-state index >= 15 is 0 Å². The average Bonchev–Trinajstić information content (AvgIpc) is 2.41. The highest BCUT2D eigenvalue weighted by Gasteiger charge is 2.40. The van der Waals surface area contributed by atoms with Crippen molar-refractivity contribution in [3.05, 3.63) is 23.8 Å². The van der Waals surface area contributed by atoms with Crippen LogP contribution in [0.15, 0.2) is 18.2 Å². The lowest BCUT2D eigenvalue weighted by atomic mass is 9.82. The van der Waals surface area contributed by atoms with E-state index in [1.54, 1.807) is 0 Å². The summed E-state index contributed by atoms with van der Waals surface area (Å²) in [6, 6.07) is 4.15. The van der Waals surface area contributed by atoms with Crippen LogP contribution in [0.5, 0.6) is 11.5 Å². The molecule has 0 aromatic heterocycles. The van der Waals surface area contributed by atoms with Crippen LogP contribution in [0.1, 0.15) is 49.4 Å². The summed E-state index contributed by atoms with van der Waals surface area (Å²) >= 11 is 0. The van der Waals surface area contributed by atoms with E-state index in [-0.39, 0.29) is 22.8 Å². The first-order valence-electron chi connectivity index (χ1n) is 6.71. The number of carboxylic acid groups (broad SMARTS) is 1. The van der Waals surface area contributed by atoms with Crippen LogP contribution >= 0.6 is 0 Å². The Kier molecular flexibility index (Phi) is 3.97. The Balaban J connectivity index is 2.41. The minimum atomic E-state index is -1.19. The largest absolute Gasteiger partial charge is 0.504 e. The first-order chi connectivity index (χ1) is 9.46. The van der Waals surface area contributed by atoms with Crippen LogP contribution in [0.4, 0.5) is 0 Å². The molecule has 20 heavy (non-hydrogen) atoms. The molecule has 0 heterocycles. The van der Waals surface area contributed by atoms with Crippen LogP contribution in [-0.4, -0.2) is 27.6 Å². The summed E-state index contributed by atoms with van der Waals surface area (Å²) in [7, 11) is 0. The predicted molar refractivity (Wildman–Crippen MR) is 72.2 cm³/mol. The fraction of sp³-hybridized carbons (Fsp3) is 0.467. The van der Waals surface area contributed by atoms with Crippen LogP contribution in [-0.2, 0) is 4.79 Å². The highest BCUT2D eigenvalue weighted by atomic mass is 16.5. The van der Waals surface area contributed by atoms with Gasteiger partial charge >= 0.3 is 5.97 Å². The number of benzene rings is 1. The molecular weight excluding hydrogens is 260 g/mol. The van der Waals surface area contributed by atoms with Crippen LogP contribution < -0.4 is 4.74 Å². The van der Waals surface area contributed by atoms with Crippen molar-refractivity contribution in [3.8, 4) is 11.5 Å². The van der Waals surface area contributed by atoms with E-state index in [2.05, 4.69) is 0 Å². The third kappa shape index (κ3) is 2.61. The standard InChI is InChI=1S/C15H18O5/c1-10(16)15(8-3-2-4-9-15)20-13-11(14(18)19)6-5-7-12(13)17/h5-7,17H,2-4,8-9H2,1H3,(H,18,19). The van der Waals surface area contributed by atoms with Gasteiger partial charge in [0.2, 0.25) is 0 Å². The van der Waals surface area contributed by atoms with Gasteiger partial charge in [-0.2, -0.15) is 0 Å². The van der Waals surface area contributed by atoms with Crippen molar-refractivity contribution in [1.29, 1.82) is 0 Å². The van der Waals surface area contributed by atoms with Gasteiger partial charge in [0, 0.05) is 0 Å². The molecule has 1 aliphatic carbocycles. The third-order valence-electron chi connectivity index (χ3n) is 3.82. The van der Waals surface area contributed by atoms with E-state index in [0.29, 0.717) is 12.8 Å². The summed E-state index contributed by atoms with van der Waals surface area (Å²) in [5.41, 5.74) is -1.14. The second-order valence-electron chi connectivity index (χ2n) is 5.17. The van der Waals surface area contributed by atoms with Gasteiger partial charge in [0.05, 0.1) is 0 Å². The molecule has 108 valence electrons. The zero-order valence-electron chi connectivity index (χ0n) is 11.4. The number of rotatable bonds is 4. The van der Waals surface area contributed by atoms with Crippen molar-refractivity contribution in [3.63, 3.8) is 0 Å². The van der Waals surface area contributed by atoms with Crippen molar-refractivity contribution in [2.75, 3.05) is 0 Å². The molecule has 2 rings (SSSR count). The first kappa shape index (κ1) is 14.4. The molecule has 5 nitrogen and oxygen atoms in total. The Morgan fingerprint density at radius 2 is 1.85 bits per heavy atom.